The third-order valence-electron chi connectivity index (χ3n) is 14.7. The summed E-state index contributed by atoms with van der Waals surface area (Å²) in [5.74, 6) is 2.83. The monoisotopic (exact) mass is 981 g/mol. The molecule has 0 amide bonds. The molecule has 0 saturated carbocycles. The highest BCUT2D eigenvalue weighted by Gasteiger charge is 2.25. The second-order valence-corrected chi connectivity index (χ2v) is 23.9. The molecule has 0 saturated heterocycles. The predicted octanol–water partition coefficient (Wildman–Crippen LogP) is 18.1. The van der Waals surface area contributed by atoms with Gasteiger partial charge >= 0.3 is 0 Å². The third-order valence-corrected chi connectivity index (χ3v) is 14.7. The molecule has 0 aliphatic carbocycles. The lowest BCUT2D eigenvalue weighted by atomic mass is 9.78. The Labute approximate surface area is 443 Å². The molecule has 0 aliphatic heterocycles. The van der Waals surface area contributed by atoms with Crippen molar-refractivity contribution in [2.75, 3.05) is 0 Å². The molecule has 0 unspecified atom stereocenters. The molecule has 11 aromatic rings. The summed E-state index contributed by atoms with van der Waals surface area (Å²) in [5.41, 5.74) is 18.5. The summed E-state index contributed by atoms with van der Waals surface area (Å²) >= 11 is 0. The van der Waals surface area contributed by atoms with Gasteiger partial charge in [-0.3, -0.25) is 13.7 Å². The normalized spacial score (nSPS) is 12.4. The highest BCUT2D eigenvalue weighted by atomic mass is 16.5. The Morgan fingerprint density at radius 1 is 0.493 bits per heavy atom. The van der Waals surface area contributed by atoms with Gasteiger partial charge in [0.1, 0.15) is 17.3 Å². The topological polar surface area (TPSA) is 35.9 Å². The van der Waals surface area contributed by atoms with Crippen LogP contribution in [0.3, 0.4) is 0 Å². The van der Waals surface area contributed by atoms with Crippen LogP contribution in [0.5, 0.6) is 11.5 Å². The zero-order chi connectivity index (χ0) is 52.4. The third kappa shape index (κ3) is 9.57. The highest BCUT2D eigenvalue weighted by Crippen LogP contribution is 2.41. The zero-order valence-electron chi connectivity index (χ0n) is 45.5. The summed E-state index contributed by atoms with van der Waals surface area (Å²) in [7, 11) is 0. The van der Waals surface area contributed by atoms with Crippen molar-refractivity contribution in [3.8, 4) is 62.1 Å². The van der Waals surface area contributed by atoms with Crippen molar-refractivity contribution in [2.24, 2.45) is 5.92 Å². The maximum Gasteiger partial charge on any atom is 0.269 e. The first-order chi connectivity index (χ1) is 35.9. The van der Waals surface area contributed by atoms with Crippen LogP contribution < -0.4 is 9.30 Å². The van der Waals surface area contributed by atoms with Gasteiger partial charge in [-0.25, -0.2) is 4.98 Å². The average Bonchev–Trinajstić information content (AvgIpc) is 3.94. The Kier molecular flexibility index (Phi) is 12.5. The van der Waals surface area contributed by atoms with E-state index in [1.807, 2.05) is 6.07 Å². The minimum atomic E-state index is -0.0409. The van der Waals surface area contributed by atoms with Crippen LogP contribution in [0.4, 0.5) is 0 Å². The minimum absolute atomic E-state index is 0.0409. The zero-order valence-corrected chi connectivity index (χ0v) is 45.5. The molecule has 0 fully saturated rings. The van der Waals surface area contributed by atoms with Gasteiger partial charge in [-0.2, -0.15) is 0 Å². The average molecular weight is 981 g/mol. The van der Waals surface area contributed by atoms with Gasteiger partial charge < -0.3 is 4.74 Å². The lowest BCUT2D eigenvalue weighted by Crippen LogP contribution is -2.31. The first kappa shape index (κ1) is 49.2. The number of fused-ring (bicyclic) bond motifs is 4. The van der Waals surface area contributed by atoms with Crippen molar-refractivity contribution in [1.29, 1.82) is 0 Å². The number of imidazole rings is 1. The van der Waals surface area contributed by atoms with E-state index in [1.54, 1.807) is 0 Å². The fraction of sp³-hybridized carbons (Fsp3) is 0.229. The van der Waals surface area contributed by atoms with E-state index in [0.717, 1.165) is 79.3 Å². The molecular formula is C70H68N4O. The predicted molar refractivity (Wildman–Crippen MR) is 313 cm³/mol. The molecule has 8 aromatic carbocycles. The number of aromatic nitrogens is 4. The molecule has 3 heterocycles. The Morgan fingerprint density at radius 2 is 1.09 bits per heavy atom. The second kappa shape index (κ2) is 19.0. The molecule has 0 N–H and O–H groups in total. The van der Waals surface area contributed by atoms with Crippen molar-refractivity contribution in [3.05, 3.63) is 223 Å². The number of hydrogen-bond donors (Lipinski definition) is 0. The van der Waals surface area contributed by atoms with Gasteiger partial charge in [-0.05, 0) is 121 Å². The lowest BCUT2D eigenvalue weighted by Gasteiger charge is -2.27. The van der Waals surface area contributed by atoms with Gasteiger partial charge in [0.2, 0.25) is 0 Å². The maximum atomic E-state index is 6.89. The first-order valence-corrected chi connectivity index (χ1v) is 26.6. The quantitative estimate of drug-likeness (QED) is 0.101. The van der Waals surface area contributed by atoms with E-state index in [4.69, 9.17) is 9.72 Å². The van der Waals surface area contributed by atoms with Crippen LogP contribution in [0.2, 0.25) is 0 Å². The van der Waals surface area contributed by atoms with Crippen molar-refractivity contribution < 1.29 is 9.30 Å². The van der Waals surface area contributed by atoms with Crippen molar-refractivity contribution in [2.45, 2.75) is 98.8 Å². The van der Waals surface area contributed by atoms with E-state index >= 15 is 0 Å². The smallest absolute Gasteiger partial charge is 0.269 e. The summed E-state index contributed by atoms with van der Waals surface area (Å²) in [6.45, 7) is 25.2. The number of para-hydroxylation sites is 4. The fourth-order valence-electron chi connectivity index (χ4n) is 10.6. The van der Waals surface area contributed by atoms with Crippen LogP contribution in [-0.4, -0.2) is 14.1 Å². The van der Waals surface area contributed by atoms with Crippen LogP contribution in [0.15, 0.2) is 194 Å². The van der Waals surface area contributed by atoms with E-state index in [-0.39, 0.29) is 16.2 Å². The van der Waals surface area contributed by atoms with Crippen LogP contribution >= 0.6 is 0 Å². The number of nitrogens with zero attached hydrogens (tertiary/aromatic N) is 4. The molecule has 5 nitrogen and oxygen atoms in total. The summed E-state index contributed by atoms with van der Waals surface area (Å²) in [4.78, 5) is 5.23. The van der Waals surface area contributed by atoms with Gasteiger partial charge in [0.15, 0.2) is 0 Å². The molecule has 0 spiro atoms. The molecule has 5 heteroatoms. The second-order valence-electron chi connectivity index (χ2n) is 23.9. The van der Waals surface area contributed by atoms with Crippen LogP contribution in [-0.2, 0) is 22.7 Å². The molecule has 0 atom stereocenters. The lowest BCUT2D eigenvalue weighted by molar-refractivity contribution is -0.571. The number of ether oxygens (including phenoxy) is 1. The molecule has 75 heavy (non-hydrogen) atoms. The Bertz CT molecular complexity index is 3870. The van der Waals surface area contributed by atoms with Crippen molar-refractivity contribution in [3.63, 3.8) is 0 Å². The van der Waals surface area contributed by atoms with E-state index in [1.165, 1.54) is 44.3 Å². The standard InChI is InChI=1S/C70H68N4O/c1-46(2)37-49-40-66(71-44-61(49)48-31-33-51(34-32-48)68(3,4)5)74-62-28-16-15-25-59(62)60-36-35-56(43-65(60)74)75-55-24-19-23-54(42-55)72-45-73(64-30-18-17-29-63(64)72)67-57(47-21-13-12-14-22-47)26-20-27-58(67)50-38-52(69(6,7)8)41-53(39-50)70(9,10)11/h12-36,38-44,46H,37H2,1-11H3. The van der Waals surface area contributed by atoms with Gasteiger partial charge in [0, 0.05) is 28.6 Å². The number of hydrogen-bond acceptors (Lipinski definition) is 2. The fourth-order valence-corrected chi connectivity index (χ4v) is 10.6. The van der Waals surface area contributed by atoms with E-state index in [2.05, 4.69) is 284 Å². The largest absolute Gasteiger partial charge is 0.458 e. The number of rotatable bonds is 10. The van der Waals surface area contributed by atoms with Crippen molar-refractivity contribution >= 4 is 32.8 Å². The van der Waals surface area contributed by atoms with Crippen LogP contribution in [0.25, 0.3) is 83.4 Å². The van der Waals surface area contributed by atoms with E-state index in [0.29, 0.717) is 5.92 Å². The highest BCUT2D eigenvalue weighted by molar-refractivity contribution is 6.09. The van der Waals surface area contributed by atoms with E-state index in [9.17, 15) is 0 Å². The van der Waals surface area contributed by atoms with Gasteiger partial charge in [0.05, 0.1) is 33.4 Å². The number of benzene rings is 8. The minimum Gasteiger partial charge on any atom is -0.458 e. The van der Waals surface area contributed by atoms with Crippen molar-refractivity contribution in [1.82, 2.24) is 14.1 Å². The molecule has 374 valence electrons. The molecule has 0 radical (unpaired) electrons. The molecule has 3 aromatic heterocycles. The molecule has 0 aliphatic rings. The van der Waals surface area contributed by atoms with Gasteiger partial charge in [-0.15, -0.1) is 0 Å². The van der Waals surface area contributed by atoms with Gasteiger partial charge in [0.25, 0.3) is 6.33 Å². The Hall–Kier alpha value is -8.02. The summed E-state index contributed by atoms with van der Waals surface area (Å²) in [6.07, 6.45) is 6.91. The molecular weight excluding hydrogens is 913 g/mol. The van der Waals surface area contributed by atoms with Crippen LogP contribution in [0.1, 0.15) is 98.4 Å². The first-order valence-electron chi connectivity index (χ1n) is 26.6. The van der Waals surface area contributed by atoms with E-state index < -0.39 is 0 Å². The maximum absolute atomic E-state index is 6.89. The van der Waals surface area contributed by atoms with Gasteiger partial charge in [-0.1, -0.05) is 216 Å². The number of pyridine rings is 1. The van der Waals surface area contributed by atoms with Crippen LogP contribution in [0, 0.1) is 12.2 Å². The molecule has 11 rings (SSSR count). The molecule has 0 bridgehead atoms. The summed E-state index contributed by atoms with van der Waals surface area (Å²) in [5, 5.41) is 2.32. The SMILES string of the molecule is CC(C)Cc1cc(-n2c3ccccc3c3ccc(Oc4cccc(-n5[c-][n+](-c6c(-c7ccccc7)cccc6-c6cc(C(C)(C)C)cc(C(C)(C)C)c6)c6ccccc65)c4)cc32)ncc1-c1ccc(C(C)(C)C)cc1. The Balaban J connectivity index is 1.01. The Morgan fingerprint density at radius 3 is 1.79 bits per heavy atom. The summed E-state index contributed by atoms with van der Waals surface area (Å²) in [6, 6.07) is 68.0. The summed E-state index contributed by atoms with van der Waals surface area (Å²) < 4.78 is 13.6.